The van der Waals surface area contributed by atoms with Gasteiger partial charge in [0.05, 0.1) is 0 Å². The van der Waals surface area contributed by atoms with Crippen LogP contribution < -0.4 is 0 Å². The fourth-order valence-electron chi connectivity index (χ4n) is 1.41. The molecule has 0 N–H and O–H groups in total. The van der Waals surface area contributed by atoms with Crippen LogP contribution in [0, 0.1) is 6.08 Å². The minimum Gasteiger partial charge on any atom is -0.273 e. The normalized spacial score (nSPS) is 11.4. The molecule has 1 aliphatic carbocycles. The molecule has 94 valence electrons. The molecule has 2 aromatic carbocycles. The molecule has 0 saturated heterocycles. The average Bonchev–Trinajstić information content (AvgIpc) is 3.03. The molecule has 0 aromatic heterocycles. The Morgan fingerprint density at radius 3 is 2.44 bits per heavy atom. The standard InChI is InChI=1S/C9H7.C5H5.C3H6.Mo/c1-2-5-9-7-3-6-8(9)4-1;1-2-4-5-3-1;1-3-2;/h1-7H;1-3H,4H2;1-2H3;/q2*-1;;. The maximum Gasteiger partial charge on any atom is -0.0809 e. The van der Waals surface area contributed by atoms with Gasteiger partial charge in [0.15, 0.2) is 0 Å². The fraction of sp³-hybridized carbons (Fsp3) is 0.176. The number of hydrogen-bond acceptors (Lipinski definition) is 0. The van der Waals surface area contributed by atoms with Crippen LogP contribution in [0.4, 0.5) is 0 Å². The van der Waals surface area contributed by atoms with E-state index in [1.165, 1.54) is 14.7 Å². The van der Waals surface area contributed by atoms with Gasteiger partial charge in [-0.25, -0.2) is 12.2 Å². The zero-order valence-electron chi connectivity index (χ0n) is 10.9. The van der Waals surface area contributed by atoms with Crippen molar-refractivity contribution in [2.24, 2.45) is 0 Å². The summed E-state index contributed by atoms with van der Waals surface area (Å²) in [6.45, 7) is 4.18. The maximum atomic E-state index is 2.99. The molecule has 0 aliphatic heterocycles. The van der Waals surface area contributed by atoms with Gasteiger partial charge in [-0.05, 0) is 0 Å². The third kappa shape index (κ3) is 6.57. The second-order valence-electron chi connectivity index (χ2n) is 4.07. The van der Waals surface area contributed by atoms with Crippen molar-refractivity contribution in [1.29, 1.82) is 0 Å². The predicted molar refractivity (Wildman–Crippen MR) is 77.5 cm³/mol. The molecule has 1 heteroatoms. The third-order valence-electron chi connectivity index (χ3n) is 2.13. The summed E-state index contributed by atoms with van der Waals surface area (Å²) in [4.78, 5) is 0. The van der Waals surface area contributed by atoms with Gasteiger partial charge in [-0.15, -0.1) is 36.1 Å². The van der Waals surface area contributed by atoms with E-state index in [1.54, 1.807) is 0 Å². The molecule has 0 bridgehead atoms. The zero-order chi connectivity index (χ0) is 13.2. The monoisotopic (exact) mass is 320 g/mol. The molecule has 0 unspecified atom stereocenters. The largest absolute Gasteiger partial charge is 0.273 e. The Balaban J connectivity index is 0.000000154. The topological polar surface area (TPSA) is 0 Å². The molecule has 0 radical (unpaired) electrons. The summed E-state index contributed by atoms with van der Waals surface area (Å²) in [6.07, 6.45) is 10.0. The van der Waals surface area contributed by atoms with Crippen molar-refractivity contribution in [3.05, 3.63) is 66.8 Å². The summed E-state index contributed by atoms with van der Waals surface area (Å²) < 4.78 is 1.43. The first-order valence-corrected chi connectivity index (χ1v) is 7.00. The van der Waals surface area contributed by atoms with E-state index >= 15 is 0 Å². The van der Waals surface area contributed by atoms with Gasteiger partial charge in [-0.3, -0.25) is 6.08 Å². The van der Waals surface area contributed by atoms with Crippen LogP contribution in [0.3, 0.4) is 0 Å². The van der Waals surface area contributed by atoms with Gasteiger partial charge in [0.1, 0.15) is 0 Å². The van der Waals surface area contributed by atoms with E-state index in [1.807, 2.05) is 31.5 Å². The molecule has 0 fully saturated rings. The van der Waals surface area contributed by atoms with E-state index in [0.717, 1.165) is 6.42 Å². The van der Waals surface area contributed by atoms with Gasteiger partial charge in [0, 0.05) is 0 Å². The molecule has 1 aliphatic rings. The van der Waals surface area contributed by atoms with E-state index in [0.29, 0.717) is 0 Å². The summed E-state index contributed by atoms with van der Waals surface area (Å²) in [6, 6.07) is 14.7. The van der Waals surface area contributed by atoms with Crippen LogP contribution >= 0.6 is 0 Å². The van der Waals surface area contributed by atoms with Crippen molar-refractivity contribution < 1.29 is 19.4 Å². The molecule has 0 nitrogen and oxygen atoms in total. The minimum atomic E-state index is 1.01. The number of benzene rings is 1. The van der Waals surface area contributed by atoms with E-state index < -0.39 is 0 Å². The molecule has 0 heterocycles. The Kier molecular flexibility index (Phi) is 7.37. The van der Waals surface area contributed by atoms with Crippen molar-refractivity contribution in [2.75, 3.05) is 0 Å². The van der Waals surface area contributed by atoms with Gasteiger partial charge >= 0.3 is 37.1 Å². The molecule has 0 saturated carbocycles. The second kappa shape index (κ2) is 8.89. The molecule has 0 atom stereocenters. The van der Waals surface area contributed by atoms with Crippen LogP contribution in [-0.2, 0) is 19.4 Å². The van der Waals surface area contributed by atoms with Gasteiger partial charge in [0.25, 0.3) is 0 Å². The Labute approximate surface area is 121 Å². The molecule has 3 rings (SSSR count). The summed E-state index contributed by atoms with van der Waals surface area (Å²) in [7, 11) is 0. The van der Waals surface area contributed by atoms with Crippen LogP contribution in [0.15, 0.2) is 60.7 Å². The van der Waals surface area contributed by atoms with Crippen LogP contribution in [0.1, 0.15) is 20.3 Å². The second-order valence-corrected chi connectivity index (χ2v) is 6.07. The van der Waals surface area contributed by atoms with E-state index in [2.05, 4.69) is 68.5 Å². The summed E-state index contributed by atoms with van der Waals surface area (Å²) in [5.41, 5.74) is 0. The van der Waals surface area contributed by atoms with E-state index in [9.17, 15) is 0 Å². The summed E-state index contributed by atoms with van der Waals surface area (Å²) >= 11 is 2.02. The van der Waals surface area contributed by atoms with E-state index in [-0.39, 0.29) is 0 Å². The van der Waals surface area contributed by atoms with Crippen LogP contribution in [0.25, 0.3) is 10.8 Å². The quantitative estimate of drug-likeness (QED) is 0.491. The Hall–Kier alpha value is -1.13. The molecular formula is C17H18Mo-2. The van der Waals surface area contributed by atoms with Crippen molar-refractivity contribution >= 4 is 14.7 Å². The molecule has 18 heavy (non-hydrogen) atoms. The van der Waals surface area contributed by atoms with E-state index in [4.69, 9.17) is 0 Å². The Bertz CT molecular complexity index is 485. The minimum absolute atomic E-state index is 1.01. The molecule has 0 spiro atoms. The maximum absolute atomic E-state index is 2.99. The molecule has 2 aromatic rings. The first-order valence-electron chi connectivity index (χ1n) is 5.99. The zero-order valence-corrected chi connectivity index (χ0v) is 12.9. The number of allylic oxidation sites excluding steroid dienone is 4. The van der Waals surface area contributed by atoms with Gasteiger partial charge in [-0.1, -0.05) is 6.07 Å². The Morgan fingerprint density at radius 2 is 1.94 bits per heavy atom. The van der Waals surface area contributed by atoms with Gasteiger partial charge in [0.2, 0.25) is 0 Å². The SMILES string of the molecule is C[C](C)=[Mo].[C-]1=CC=CC1.c1ccc2[cH-]ccc2c1. The van der Waals surface area contributed by atoms with Gasteiger partial charge < -0.3 is 0 Å². The van der Waals surface area contributed by atoms with Gasteiger partial charge in [-0.2, -0.15) is 23.6 Å². The average molecular weight is 318 g/mol. The summed E-state index contributed by atoms with van der Waals surface area (Å²) in [5, 5.41) is 2.66. The fourth-order valence-corrected chi connectivity index (χ4v) is 1.41. The van der Waals surface area contributed by atoms with Crippen molar-refractivity contribution in [1.82, 2.24) is 0 Å². The summed E-state index contributed by atoms with van der Waals surface area (Å²) in [5.74, 6) is 0. The van der Waals surface area contributed by atoms with Crippen molar-refractivity contribution in [2.45, 2.75) is 20.3 Å². The van der Waals surface area contributed by atoms with Crippen LogP contribution in [0.5, 0.6) is 0 Å². The number of fused-ring (bicyclic) bond motifs is 1. The number of rotatable bonds is 0. The number of hydrogen-bond donors (Lipinski definition) is 0. The smallest absolute Gasteiger partial charge is 0.0809 e. The Morgan fingerprint density at radius 1 is 1.22 bits per heavy atom. The van der Waals surface area contributed by atoms with Crippen molar-refractivity contribution in [3.63, 3.8) is 0 Å². The predicted octanol–water partition coefficient (Wildman–Crippen LogP) is 4.61. The van der Waals surface area contributed by atoms with Crippen LogP contribution in [0.2, 0.25) is 0 Å². The molecular weight excluding hydrogens is 300 g/mol. The first-order chi connectivity index (χ1) is 8.70. The van der Waals surface area contributed by atoms with Crippen molar-refractivity contribution in [3.8, 4) is 0 Å². The molecule has 0 amide bonds. The van der Waals surface area contributed by atoms with Crippen LogP contribution in [-0.4, -0.2) is 3.90 Å². The first kappa shape index (κ1) is 14.9. The third-order valence-corrected chi connectivity index (χ3v) is 2.13.